The summed E-state index contributed by atoms with van der Waals surface area (Å²) < 4.78 is 0. The van der Waals surface area contributed by atoms with Crippen molar-refractivity contribution in [1.29, 1.82) is 0 Å². The minimum absolute atomic E-state index is 0.598. The zero-order valence-corrected chi connectivity index (χ0v) is 11.7. The molecule has 15 heavy (non-hydrogen) atoms. The molecule has 0 N–H and O–H groups in total. The molecule has 1 unspecified atom stereocenters. The summed E-state index contributed by atoms with van der Waals surface area (Å²) in [5.74, 6) is 0.948. The van der Waals surface area contributed by atoms with Crippen LogP contribution in [0, 0.1) is 11.3 Å². The Balaban J connectivity index is 3.99. The fraction of sp³-hybridized carbons (Fsp3) is 1.00. The largest absolute Gasteiger partial charge is 0.0654 e. The van der Waals surface area contributed by atoms with Crippen LogP contribution in [0.3, 0.4) is 0 Å². The van der Waals surface area contributed by atoms with Crippen LogP contribution in [0.2, 0.25) is 0 Å². The topological polar surface area (TPSA) is 0 Å². The minimum atomic E-state index is 0.598. The Kier molecular flexibility index (Phi) is 8.19. The lowest BCUT2D eigenvalue weighted by Crippen LogP contribution is -2.25. The smallest absolute Gasteiger partial charge is 0.0303 e. The summed E-state index contributed by atoms with van der Waals surface area (Å²) in [4.78, 5) is 0. The van der Waals surface area contributed by atoms with E-state index in [0.717, 1.165) is 5.92 Å². The third-order valence-corrected chi connectivity index (χ3v) is 4.50. The Morgan fingerprint density at radius 2 is 1.47 bits per heavy atom. The first-order valence-corrected chi connectivity index (χ1v) is 7.14. The second kappa shape index (κ2) is 8.19. The molecule has 1 atom stereocenters. The van der Waals surface area contributed by atoms with Crippen LogP contribution in [-0.2, 0) is 0 Å². The van der Waals surface area contributed by atoms with Gasteiger partial charge in [-0.05, 0) is 17.8 Å². The fourth-order valence-electron chi connectivity index (χ4n) is 2.69. The van der Waals surface area contributed by atoms with Gasteiger partial charge in [-0.2, -0.15) is 0 Å². The maximum atomic E-state index is 2.49. The summed E-state index contributed by atoms with van der Waals surface area (Å²) in [5, 5.41) is 0. The van der Waals surface area contributed by atoms with Gasteiger partial charge in [0.1, 0.15) is 0 Å². The third kappa shape index (κ3) is 5.04. The van der Waals surface area contributed by atoms with E-state index in [4.69, 9.17) is 0 Å². The van der Waals surface area contributed by atoms with Crippen LogP contribution in [0.5, 0.6) is 0 Å². The summed E-state index contributed by atoms with van der Waals surface area (Å²) in [6.45, 7) is 11.9. The van der Waals surface area contributed by atoms with Crippen molar-refractivity contribution in [2.75, 3.05) is 0 Å². The van der Waals surface area contributed by atoms with Crippen LogP contribution >= 0.6 is 0 Å². The highest BCUT2D eigenvalue weighted by Crippen LogP contribution is 2.39. The fourth-order valence-corrected chi connectivity index (χ4v) is 2.69. The summed E-state index contributed by atoms with van der Waals surface area (Å²) in [7, 11) is 0. The minimum Gasteiger partial charge on any atom is -0.0654 e. The zero-order chi connectivity index (χ0) is 11.7. The molecular weight excluding hydrogens is 180 g/mol. The van der Waals surface area contributed by atoms with Crippen LogP contribution in [0.25, 0.3) is 0 Å². The van der Waals surface area contributed by atoms with Crippen LogP contribution in [-0.4, -0.2) is 0 Å². The van der Waals surface area contributed by atoms with Gasteiger partial charge in [0.25, 0.3) is 0 Å². The van der Waals surface area contributed by atoms with Crippen molar-refractivity contribution in [2.45, 2.75) is 86.0 Å². The third-order valence-electron chi connectivity index (χ3n) is 4.50. The van der Waals surface area contributed by atoms with Gasteiger partial charge in [0.2, 0.25) is 0 Å². The highest BCUT2D eigenvalue weighted by atomic mass is 14.3. The number of hydrogen-bond acceptors (Lipinski definition) is 0. The Bertz CT molecular complexity index is 133. The maximum absolute atomic E-state index is 2.49. The van der Waals surface area contributed by atoms with E-state index >= 15 is 0 Å². The molecule has 92 valence electrons. The van der Waals surface area contributed by atoms with E-state index in [9.17, 15) is 0 Å². The highest BCUT2D eigenvalue weighted by Gasteiger charge is 2.28. The van der Waals surface area contributed by atoms with Gasteiger partial charge in [-0.1, -0.05) is 79.6 Å². The molecule has 0 heterocycles. The van der Waals surface area contributed by atoms with Gasteiger partial charge < -0.3 is 0 Å². The molecule has 0 spiro atoms. The summed E-state index contributed by atoms with van der Waals surface area (Å²) in [6.07, 6.45) is 11.2. The van der Waals surface area contributed by atoms with Gasteiger partial charge in [0.05, 0.1) is 0 Å². The highest BCUT2D eigenvalue weighted by molar-refractivity contribution is 4.79. The molecule has 0 rings (SSSR count). The van der Waals surface area contributed by atoms with E-state index in [0.29, 0.717) is 5.41 Å². The Morgan fingerprint density at radius 3 is 1.87 bits per heavy atom. The van der Waals surface area contributed by atoms with Crippen molar-refractivity contribution < 1.29 is 0 Å². The van der Waals surface area contributed by atoms with E-state index in [1.807, 2.05) is 0 Å². The molecule has 0 aromatic heterocycles. The van der Waals surface area contributed by atoms with Crippen molar-refractivity contribution in [1.82, 2.24) is 0 Å². The molecule has 0 fully saturated rings. The molecule has 0 saturated carbocycles. The molecule has 0 aliphatic heterocycles. The van der Waals surface area contributed by atoms with Gasteiger partial charge in [-0.3, -0.25) is 0 Å². The molecule has 0 heteroatoms. The first kappa shape index (κ1) is 15.0. The van der Waals surface area contributed by atoms with Crippen LogP contribution in [0.1, 0.15) is 86.0 Å². The van der Waals surface area contributed by atoms with Gasteiger partial charge in [0.15, 0.2) is 0 Å². The standard InChI is InChI=1S/C15H32/c1-6-10-11-12-13-14(7-2)15(5,8-3)9-4/h14H,6-13H2,1-5H3. The van der Waals surface area contributed by atoms with Crippen molar-refractivity contribution in [2.24, 2.45) is 11.3 Å². The van der Waals surface area contributed by atoms with Gasteiger partial charge >= 0.3 is 0 Å². The Labute approximate surface area is 97.8 Å². The van der Waals surface area contributed by atoms with E-state index in [2.05, 4.69) is 34.6 Å². The second-order valence-electron chi connectivity index (χ2n) is 5.32. The van der Waals surface area contributed by atoms with Crippen molar-refractivity contribution >= 4 is 0 Å². The van der Waals surface area contributed by atoms with E-state index in [-0.39, 0.29) is 0 Å². The van der Waals surface area contributed by atoms with Gasteiger partial charge in [-0.25, -0.2) is 0 Å². The molecule has 0 radical (unpaired) electrons. The monoisotopic (exact) mass is 212 g/mol. The van der Waals surface area contributed by atoms with Crippen LogP contribution in [0.15, 0.2) is 0 Å². The van der Waals surface area contributed by atoms with E-state index in [1.54, 1.807) is 0 Å². The normalized spacial score (nSPS) is 14.2. The lowest BCUT2D eigenvalue weighted by Gasteiger charge is -2.36. The Morgan fingerprint density at radius 1 is 0.867 bits per heavy atom. The lowest BCUT2D eigenvalue weighted by molar-refractivity contribution is 0.149. The molecule has 0 saturated heterocycles. The molecule has 0 aliphatic rings. The molecule has 0 amide bonds. The first-order chi connectivity index (χ1) is 7.14. The first-order valence-electron chi connectivity index (χ1n) is 7.14. The van der Waals surface area contributed by atoms with Crippen molar-refractivity contribution in [3.63, 3.8) is 0 Å². The molecule has 0 aromatic rings. The second-order valence-corrected chi connectivity index (χ2v) is 5.32. The van der Waals surface area contributed by atoms with Gasteiger partial charge in [0, 0.05) is 0 Å². The molecule has 0 aromatic carbocycles. The summed E-state index contributed by atoms with van der Waals surface area (Å²) in [6, 6.07) is 0. The van der Waals surface area contributed by atoms with Crippen LogP contribution < -0.4 is 0 Å². The van der Waals surface area contributed by atoms with Crippen molar-refractivity contribution in [3.8, 4) is 0 Å². The summed E-state index contributed by atoms with van der Waals surface area (Å²) in [5.41, 5.74) is 0.598. The maximum Gasteiger partial charge on any atom is -0.0303 e. The SMILES string of the molecule is CCCCCCC(CC)C(C)(CC)CC. The van der Waals surface area contributed by atoms with Gasteiger partial charge in [-0.15, -0.1) is 0 Å². The molecule has 0 bridgehead atoms. The molecule has 0 nitrogen and oxygen atoms in total. The zero-order valence-electron chi connectivity index (χ0n) is 11.7. The predicted octanol–water partition coefficient (Wildman–Crippen LogP) is 5.81. The quantitative estimate of drug-likeness (QED) is 0.423. The molecule has 0 aliphatic carbocycles. The predicted molar refractivity (Wildman–Crippen MR) is 71.2 cm³/mol. The average molecular weight is 212 g/mol. The van der Waals surface area contributed by atoms with E-state index < -0.39 is 0 Å². The van der Waals surface area contributed by atoms with E-state index in [1.165, 1.54) is 51.4 Å². The average Bonchev–Trinajstić information content (AvgIpc) is 2.28. The molecular formula is C15H32. The lowest BCUT2D eigenvalue weighted by atomic mass is 9.70. The Hall–Kier alpha value is 0. The number of unbranched alkanes of at least 4 members (excludes halogenated alkanes) is 3. The van der Waals surface area contributed by atoms with Crippen molar-refractivity contribution in [3.05, 3.63) is 0 Å². The van der Waals surface area contributed by atoms with Crippen LogP contribution in [0.4, 0.5) is 0 Å². The summed E-state index contributed by atoms with van der Waals surface area (Å²) >= 11 is 0. The number of hydrogen-bond donors (Lipinski definition) is 0. The number of rotatable bonds is 9.